The molecule has 2 heterocycles. The lowest BCUT2D eigenvalue weighted by molar-refractivity contribution is 1.02. The van der Waals surface area contributed by atoms with Crippen LogP contribution in [0.2, 0.25) is 0 Å². The molecule has 2 N–H and O–H groups in total. The van der Waals surface area contributed by atoms with Crippen molar-refractivity contribution < 1.29 is 0 Å². The van der Waals surface area contributed by atoms with Crippen molar-refractivity contribution in [3.05, 3.63) is 48.2 Å². The highest BCUT2D eigenvalue weighted by Crippen LogP contribution is 2.04. The molecule has 2 aromatic heterocycles. The Bertz CT molecular complexity index is 396. The van der Waals surface area contributed by atoms with E-state index in [1.54, 1.807) is 18.6 Å². The van der Waals surface area contributed by atoms with E-state index < -0.39 is 0 Å². The van der Waals surface area contributed by atoms with Crippen molar-refractivity contribution in [1.82, 2.24) is 15.0 Å². The third-order valence-corrected chi connectivity index (χ3v) is 1.83. The van der Waals surface area contributed by atoms with Crippen LogP contribution in [-0.2, 0) is 6.42 Å². The number of pyridine rings is 1. The summed E-state index contributed by atoms with van der Waals surface area (Å²) in [5.41, 5.74) is 7.45. The van der Waals surface area contributed by atoms with Crippen molar-refractivity contribution in [1.29, 1.82) is 0 Å². The van der Waals surface area contributed by atoms with Crippen LogP contribution in [0.1, 0.15) is 11.3 Å². The zero-order valence-corrected chi connectivity index (χ0v) is 7.59. The van der Waals surface area contributed by atoms with Crippen LogP contribution in [0.5, 0.6) is 0 Å². The molecule has 0 aliphatic rings. The van der Waals surface area contributed by atoms with Crippen LogP contribution in [0, 0.1) is 0 Å². The highest BCUT2D eigenvalue weighted by atomic mass is 14.9. The van der Waals surface area contributed by atoms with Crippen LogP contribution in [0.15, 0.2) is 36.9 Å². The van der Waals surface area contributed by atoms with Gasteiger partial charge in [-0.25, -0.2) is 4.98 Å². The topological polar surface area (TPSA) is 64.7 Å². The third-order valence-electron chi connectivity index (χ3n) is 1.83. The lowest BCUT2D eigenvalue weighted by atomic mass is 10.2. The van der Waals surface area contributed by atoms with E-state index in [0.29, 0.717) is 5.82 Å². The normalized spacial score (nSPS) is 10.0. The second kappa shape index (κ2) is 3.83. The molecule has 0 aliphatic heterocycles. The molecule has 0 saturated carbocycles. The molecular weight excluding hydrogens is 176 g/mol. The average molecular weight is 186 g/mol. The van der Waals surface area contributed by atoms with Gasteiger partial charge in [0.1, 0.15) is 5.82 Å². The van der Waals surface area contributed by atoms with Gasteiger partial charge in [0.25, 0.3) is 0 Å². The number of nitrogens with two attached hydrogens (primary N) is 1. The summed E-state index contributed by atoms with van der Waals surface area (Å²) in [5, 5.41) is 0. The Kier molecular flexibility index (Phi) is 2.36. The second-order valence-electron chi connectivity index (χ2n) is 2.97. The Hall–Kier alpha value is -1.97. The first-order chi connectivity index (χ1) is 6.84. The van der Waals surface area contributed by atoms with Crippen LogP contribution < -0.4 is 5.73 Å². The monoisotopic (exact) mass is 186 g/mol. The minimum atomic E-state index is 0.444. The maximum atomic E-state index is 5.43. The summed E-state index contributed by atoms with van der Waals surface area (Å²) in [4.78, 5) is 12.2. The molecule has 2 aromatic rings. The smallest absolute Gasteiger partial charge is 0.141 e. The standard InChI is InChI=1S/C10H10N4/c11-10-7-13-9(6-14-10)4-8-2-1-3-12-5-8/h1-3,5-7H,4H2,(H2,11,14). The molecule has 0 fully saturated rings. The average Bonchev–Trinajstić information content (AvgIpc) is 2.23. The summed E-state index contributed by atoms with van der Waals surface area (Å²) in [7, 11) is 0. The third kappa shape index (κ3) is 2.04. The second-order valence-corrected chi connectivity index (χ2v) is 2.97. The minimum absolute atomic E-state index is 0.444. The number of hydrogen-bond donors (Lipinski definition) is 1. The number of nitrogens with zero attached hydrogens (tertiary/aromatic N) is 3. The van der Waals surface area contributed by atoms with Crippen LogP contribution in [0.4, 0.5) is 5.82 Å². The van der Waals surface area contributed by atoms with E-state index in [9.17, 15) is 0 Å². The molecule has 0 unspecified atom stereocenters. The van der Waals surface area contributed by atoms with Gasteiger partial charge in [0.2, 0.25) is 0 Å². The van der Waals surface area contributed by atoms with Gasteiger partial charge in [-0.15, -0.1) is 0 Å². The Balaban J connectivity index is 2.16. The molecule has 0 radical (unpaired) electrons. The summed E-state index contributed by atoms with van der Waals surface area (Å²) >= 11 is 0. The fourth-order valence-electron chi connectivity index (χ4n) is 1.17. The van der Waals surface area contributed by atoms with E-state index in [2.05, 4.69) is 15.0 Å². The summed E-state index contributed by atoms with van der Waals surface area (Å²) < 4.78 is 0. The Morgan fingerprint density at radius 3 is 2.71 bits per heavy atom. The molecule has 0 bridgehead atoms. The molecule has 0 aromatic carbocycles. The van der Waals surface area contributed by atoms with Gasteiger partial charge < -0.3 is 5.73 Å². The van der Waals surface area contributed by atoms with Crippen molar-refractivity contribution in [3.63, 3.8) is 0 Å². The number of rotatable bonds is 2. The summed E-state index contributed by atoms with van der Waals surface area (Å²) in [6.45, 7) is 0. The lowest BCUT2D eigenvalue weighted by Gasteiger charge is -1.99. The molecule has 0 spiro atoms. The number of nitrogen functional groups attached to an aromatic ring is 1. The van der Waals surface area contributed by atoms with Gasteiger partial charge in [-0.1, -0.05) is 6.07 Å². The first-order valence-corrected chi connectivity index (χ1v) is 4.30. The van der Waals surface area contributed by atoms with Gasteiger partial charge in [0, 0.05) is 18.8 Å². The summed E-state index contributed by atoms with van der Waals surface area (Å²) in [6.07, 6.45) is 7.55. The van der Waals surface area contributed by atoms with Crippen molar-refractivity contribution in [2.45, 2.75) is 6.42 Å². The van der Waals surface area contributed by atoms with E-state index in [-0.39, 0.29) is 0 Å². The zero-order valence-electron chi connectivity index (χ0n) is 7.59. The predicted molar refractivity (Wildman–Crippen MR) is 53.5 cm³/mol. The Labute approximate surface area is 81.9 Å². The molecule has 0 amide bonds. The maximum Gasteiger partial charge on any atom is 0.141 e. The van der Waals surface area contributed by atoms with Crippen molar-refractivity contribution >= 4 is 5.82 Å². The lowest BCUT2D eigenvalue weighted by Crippen LogP contribution is -1.96. The zero-order chi connectivity index (χ0) is 9.80. The highest BCUT2D eigenvalue weighted by molar-refractivity contribution is 5.24. The van der Waals surface area contributed by atoms with Gasteiger partial charge in [0.15, 0.2) is 0 Å². The Morgan fingerprint density at radius 1 is 1.14 bits per heavy atom. The SMILES string of the molecule is Nc1cnc(Cc2cccnc2)cn1. The predicted octanol–water partition coefficient (Wildman–Crippen LogP) is 1.04. The van der Waals surface area contributed by atoms with Crippen LogP contribution >= 0.6 is 0 Å². The molecule has 70 valence electrons. The summed E-state index contributed by atoms with van der Waals surface area (Å²) in [6, 6.07) is 3.91. The molecule has 0 aliphatic carbocycles. The first-order valence-electron chi connectivity index (χ1n) is 4.30. The van der Waals surface area contributed by atoms with Gasteiger partial charge >= 0.3 is 0 Å². The maximum absolute atomic E-state index is 5.43. The van der Waals surface area contributed by atoms with E-state index in [0.717, 1.165) is 17.7 Å². The number of anilines is 1. The minimum Gasteiger partial charge on any atom is -0.382 e. The van der Waals surface area contributed by atoms with Crippen LogP contribution in [0.25, 0.3) is 0 Å². The van der Waals surface area contributed by atoms with E-state index >= 15 is 0 Å². The van der Waals surface area contributed by atoms with E-state index in [1.807, 2.05) is 18.3 Å². The van der Waals surface area contributed by atoms with Gasteiger partial charge in [-0.2, -0.15) is 0 Å². The molecular formula is C10H10N4. The largest absolute Gasteiger partial charge is 0.382 e. The quantitative estimate of drug-likeness (QED) is 0.761. The van der Waals surface area contributed by atoms with Crippen LogP contribution in [0.3, 0.4) is 0 Å². The number of aromatic nitrogens is 3. The summed E-state index contributed by atoms with van der Waals surface area (Å²) in [5.74, 6) is 0.444. The molecule has 2 rings (SSSR count). The fraction of sp³-hybridized carbons (Fsp3) is 0.100. The van der Waals surface area contributed by atoms with Crippen LogP contribution in [-0.4, -0.2) is 15.0 Å². The van der Waals surface area contributed by atoms with Crippen molar-refractivity contribution in [2.75, 3.05) is 5.73 Å². The fourth-order valence-corrected chi connectivity index (χ4v) is 1.17. The van der Waals surface area contributed by atoms with E-state index in [1.165, 1.54) is 0 Å². The van der Waals surface area contributed by atoms with Gasteiger partial charge in [-0.3, -0.25) is 9.97 Å². The highest BCUT2D eigenvalue weighted by Gasteiger charge is 1.97. The number of hydrogen-bond acceptors (Lipinski definition) is 4. The van der Waals surface area contributed by atoms with Gasteiger partial charge in [-0.05, 0) is 11.6 Å². The molecule has 0 saturated heterocycles. The van der Waals surface area contributed by atoms with E-state index in [4.69, 9.17) is 5.73 Å². The van der Waals surface area contributed by atoms with Crippen molar-refractivity contribution in [3.8, 4) is 0 Å². The van der Waals surface area contributed by atoms with Gasteiger partial charge in [0.05, 0.1) is 18.1 Å². The first kappa shape index (κ1) is 8.62. The molecule has 0 atom stereocenters. The Morgan fingerprint density at radius 2 is 2.07 bits per heavy atom. The molecule has 4 heteroatoms. The van der Waals surface area contributed by atoms with Crippen molar-refractivity contribution in [2.24, 2.45) is 0 Å². The molecule has 14 heavy (non-hydrogen) atoms. The molecule has 4 nitrogen and oxygen atoms in total.